The van der Waals surface area contributed by atoms with Gasteiger partial charge < -0.3 is 9.15 Å². The third-order valence-corrected chi connectivity index (χ3v) is 4.86. The molecule has 4 aromatic rings. The van der Waals surface area contributed by atoms with Crippen molar-refractivity contribution in [1.82, 2.24) is 0 Å². The van der Waals surface area contributed by atoms with Crippen molar-refractivity contribution in [3.63, 3.8) is 0 Å². The lowest BCUT2D eigenvalue weighted by molar-refractivity contribution is 0.0473. The normalized spacial score (nSPS) is 11.0. The van der Waals surface area contributed by atoms with Gasteiger partial charge in [0.15, 0.2) is 0 Å². The number of hydrogen-bond donors (Lipinski definition) is 0. The topological polar surface area (TPSA) is 56.5 Å². The van der Waals surface area contributed by atoms with Gasteiger partial charge in [-0.1, -0.05) is 42.5 Å². The van der Waals surface area contributed by atoms with E-state index in [0.717, 1.165) is 16.2 Å². The fraction of sp³-hybridized carbons (Fsp3) is 0.0476. The van der Waals surface area contributed by atoms with Gasteiger partial charge in [-0.25, -0.2) is 9.59 Å². The lowest BCUT2D eigenvalue weighted by Crippen LogP contribution is -2.08. The summed E-state index contributed by atoms with van der Waals surface area (Å²) in [4.78, 5) is 24.3. The summed E-state index contributed by atoms with van der Waals surface area (Å²) in [6, 6.07) is 19.9. The van der Waals surface area contributed by atoms with Crippen molar-refractivity contribution in [3.8, 4) is 0 Å². The molecule has 0 radical (unpaired) electrons. The van der Waals surface area contributed by atoms with E-state index in [4.69, 9.17) is 9.15 Å². The SMILES string of the molecule is O=C(OCc1cc(=O)oc2ccc3ccccc3c12)c1ccccc1Br. The summed E-state index contributed by atoms with van der Waals surface area (Å²) in [6.07, 6.45) is 0. The van der Waals surface area contributed by atoms with Crippen molar-refractivity contribution in [3.05, 3.63) is 92.7 Å². The van der Waals surface area contributed by atoms with E-state index in [-0.39, 0.29) is 6.61 Å². The monoisotopic (exact) mass is 408 g/mol. The minimum Gasteiger partial charge on any atom is -0.457 e. The minimum absolute atomic E-state index is 0.0176. The maximum absolute atomic E-state index is 12.4. The van der Waals surface area contributed by atoms with Gasteiger partial charge in [0.1, 0.15) is 12.2 Å². The zero-order valence-electron chi connectivity index (χ0n) is 13.6. The summed E-state index contributed by atoms with van der Waals surface area (Å²) >= 11 is 3.34. The molecule has 0 saturated carbocycles. The summed E-state index contributed by atoms with van der Waals surface area (Å²) in [5.74, 6) is -0.459. The number of benzene rings is 3. The largest absolute Gasteiger partial charge is 0.457 e. The molecule has 0 aliphatic rings. The zero-order valence-corrected chi connectivity index (χ0v) is 15.2. The molecule has 0 fully saturated rings. The van der Waals surface area contributed by atoms with Crippen molar-refractivity contribution in [2.75, 3.05) is 0 Å². The minimum atomic E-state index is -0.472. The van der Waals surface area contributed by atoms with Crippen LogP contribution < -0.4 is 5.63 Å². The second-order valence-corrected chi connectivity index (χ2v) is 6.66. The number of rotatable bonds is 3. The van der Waals surface area contributed by atoms with Gasteiger partial charge >= 0.3 is 11.6 Å². The van der Waals surface area contributed by atoms with E-state index in [1.54, 1.807) is 24.3 Å². The average molecular weight is 409 g/mol. The fourth-order valence-corrected chi connectivity index (χ4v) is 3.43. The van der Waals surface area contributed by atoms with Crippen molar-refractivity contribution in [2.24, 2.45) is 0 Å². The van der Waals surface area contributed by atoms with Crippen LogP contribution in [0.3, 0.4) is 0 Å². The molecule has 0 saturated heterocycles. The highest BCUT2D eigenvalue weighted by molar-refractivity contribution is 9.10. The van der Waals surface area contributed by atoms with Crippen LogP contribution in [0.2, 0.25) is 0 Å². The molecule has 0 amide bonds. The molecule has 0 unspecified atom stereocenters. The first-order valence-electron chi connectivity index (χ1n) is 7.99. The van der Waals surface area contributed by atoms with Crippen LogP contribution >= 0.6 is 15.9 Å². The van der Waals surface area contributed by atoms with Crippen LogP contribution in [-0.2, 0) is 11.3 Å². The maximum atomic E-state index is 12.4. The third kappa shape index (κ3) is 3.02. The molecule has 0 aliphatic heterocycles. The molecule has 0 N–H and O–H groups in total. The van der Waals surface area contributed by atoms with Crippen LogP contribution in [-0.4, -0.2) is 5.97 Å². The fourth-order valence-electron chi connectivity index (χ4n) is 2.98. The van der Waals surface area contributed by atoms with Gasteiger partial charge in [-0.2, -0.15) is 0 Å². The van der Waals surface area contributed by atoms with E-state index in [1.165, 1.54) is 6.07 Å². The second-order valence-electron chi connectivity index (χ2n) is 5.81. The molecular weight excluding hydrogens is 396 g/mol. The second kappa shape index (κ2) is 6.77. The highest BCUT2D eigenvalue weighted by Gasteiger charge is 2.14. The van der Waals surface area contributed by atoms with Crippen molar-refractivity contribution < 1.29 is 13.9 Å². The molecule has 26 heavy (non-hydrogen) atoms. The lowest BCUT2D eigenvalue weighted by atomic mass is 10.0. The molecule has 4 nitrogen and oxygen atoms in total. The smallest absolute Gasteiger partial charge is 0.339 e. The first-order valence-corrected chi connectivity index (χ1v) is 8.79. The number of fused-ring (bicyclic) bond motifs is 3. The molecule has 1 aromatic heterocycles. The summed E-state index contributed by atoms with van der Waals surface area (Å²) in [7, 11) is 0. The Morgan fingerprint density at radius 3 is 2.62 bits per heavy atom. The predicted molar refractivity (Wildman–Crippen MR) is 103 cm³/mol. The van der Waals surface area contributed by atoms with Gasteiger partial charge in [0.25, 0.3) is 0 Å². The number of hydrogen-bond acceptors (Lipinski definition) is 4. The Morgan fingerprint density at radius 1 is 1.00 bits per heavy atom. The number of carbonyl (C=O) groups is 1. The quantitative estimate of drug-likeness (QED) is 0.270. The first kappa shape index (κ1) is 16.5. The van der Waals surface area contributed by atoms with Gasteiger partial charge in [-0.05, 0) is 44.9 Å². The lowest BCUT2D eigenvalue weighted by Gasteiger charge is -2.10. The van der Waals surface area contributed by atoms with Crippen LogP contribution in [0, 0.1) is 0 Å². The Labute approximate surface area is 157 Å². The van der Waals surface area contributed by atoms with Gasteiger partial charge in [0, 0.05) is 21.5 Å². The molecule has 0 spiro atoms. The number of halogens is 1. The molecule has 1 heterocycles. The van der Waals surface area contributed by atoms with Gasteiger partial charge in [-0.3, -0.25) is 0 Å². The molecule has 5 heteroatoms. The average Bonchev–Trinajstić information content (AvgIpc) is 2.65. The van der Waals surface area contributed by atoms with E-state index in [1.807, 2.05) is 36.4 Å². The highest BCUT2D eigenvalue weighted by atomic mass is 79.9. The van der Waals surface area contributed by atoms with E-state index in [9.17, 15) is 9.59 Å². The predicted octanol–water partition coefficient (Wildman–Crippen LogP) is 5.07. The third-order valence-electron chi connectivity index (χ3n) is 4.17. The van der Waals surface area contributed by atoms with Crippen LogP contribution in [0.15, 0.2) is 80.4 Å². The Morgan fingerprint density at radius 2 is 1.77 bits per heavy atom. The summed E-state index contributed by atoms with van der Waals surface area (Å²) < 4.78 is 11.4. The highest BCUT2D eigenvalue weighted by Crippen LogP contribution is 2.28. The Balaban J connectivity index is 1.76. The van der Waals surface area contributed by atoms with Gasteiger partial charge in [0.05, 0.1) is 5.56 Å². The maximum Gasteiger partial charge on any atom is 0.339 e. The van der Waals surface area contributed by atoms with Gasteiger partial charge in [-0.15, -0.1) is 0 Å². The first-order chi connectivity index (χ1) is 12.6. The standard InChI is InChI=1S/C21H13BrO4/c22-17-8-4-3-7-16(17)21(24)25-12-14-11-19(23)26-18-10-9-13-5-1-2-6-15(13)20(14)18/h1-11H,12H2. The van der Waals surface area contributed by atoms with Gasteiger partial charge in [0.2, 0.25) is 0 Å². The van der Waals surface area contributed by atoms with Crippen LogP contribution in [0.1, 0.15) is 15.9 Å². The number of ether oxygens (including phenoxy) is 1. The molecule has 3 aromatic carbocycles. The van der Waals surface area contributed by atoms with E-state index < -0.39 is 11.6 Å². The summed E-state index contributed by atoms with van der Waals surface area (Å²) in [5.41, 5.74) is 1.06. The Kier molecular flexibility index (Phi) is 4.31. The molecule has 0 aliphatic carbocycles. The number of carbonyl (C=O) groups excluding carboxylic acids is 1. The van der Waals surface area contributed by atoms with Crippen LogP contribution in [0.5, 0.6) is 0 Å². The van der Waals surface area contributed by atoms with E-state index >= 15 is 0 Å². The molecule has 128 valence electrons. The van der Waals surface area contributed by atoms with Crippen molar-refractivity contribution in [2.45, 2.75) is 6.61 Å². The summed E-state index contributed by atoms with van der Waals surface area (Å²) in [6.45, 7) is -0.0176. The molecule has 0 atom stereocenters. The zero-order chi connectivity index (χ0) is 18.1. The Hall–Kier alpha value is -2.92. The molecule has 0 bridgehead atoms. The van der Waals surface area contributed by atoms with Crippen LogP contribution in [0.25, 0.3) is 21.7 Å². The van der Waals surface area contributed by atoms with Crippen molar-refractivity contribution in [1.29, 1.82) is 0 Å². The number of esters is 1. The summed E-state index contributed by atoms with van der Waals surface area (Å²) in [5, 5.41) is 2.75. The molecule has 4 rings (SSSR count). The van der Waals surface area contributed by atoms with E-state index in [0.29, 0.717) is 21.2 Å². The Bertz CT molecular complexity index is 1190. The van der Waals surface area contributed by atoms with Crippen molar-refractivity contribution >= 4 is 43.6 Å². The molecular formula is C21H13BrO4. The van der Waals surface area contributed by atoms with E-state index in [2.05, 4.69) is 15.9 Å². The van der Waals surface area contributed by atoms with Crippen LogP contribution in [0.4, 0.5) is 0 Å².